The Hall–Kier alpha value is -1.48. The summed E-state index contributed by atoms with van der Waals surface area (Å²) in [7, 11) is 0. The van der Waals surface area contributed by atoms with Gasteiger partial charge in [-0.15, -0.1) is 0 Å². The van der Waals surface area contributed by atoms with E-state index in [1.807, 2.05) is 6.07 Å². The van der Waals surface area contributed by atoms with Crippen molar-refractivity contribution in [3.63, 3.8) is 0 Å². The second kappa shape index (κ2) is 5.25. The summed E-state index contributed by atoms with van der Waals surface area (Å²) < 4.78 is 5.99. The molecule has 2 aromatic rings. The van der Waals surface area contributed by atoms with Crippen molar-refractivity contribution < 1.29 is 4.74 Å². The van der Waals surface area contributed by atoms with Crippen LogP contribution in [0.2, 0.25) is 5.02 Å². The summed E-state index contributed by atoms with van der Waals surface area (Å²) in [5.74, 6) is 0.687. The molecule has 1 aromatic heterocycles. The van der Waals surface area contributed by atoms with Gasteiger partial charge in [0.1, 0.15) is 5.75 Å². The summed E-state index contributed by atoms with van der Waals surface area (Å²) in [5.41, 5.74) is -0.122. The van der Waals surface area contributed by atoms with Gasteiger partial charge in [0.05, 0.1) is 11.1 Å². The van der Waals surface area contributed by atoms with Gasteiger partial charge in [0.15, 0.2) is 0 Å². The Kier molecular flexibility index (Phi) is 3.47. The highest BCUT2D eigenvalue weighted by molar-refractivity contribution is 6.37. The number of rotatable bonds is 2. The molecule has 4 heteroatoms. The van der Waals surface area contributed by atoms with E-state index in [1.54, 1.807) is 18.3 Å². The number of fused-ring (bicyclic) bond motifs is 1. The minimum atomic E-state index is -0.122. The highest BCUT2D eigenvalue weighted by atomic mass is 35.5. The van der Waals surface area contributed by atoms with E-state index < -0.39 is 0 Å². The van der Waals surface area contributed by atoms with Crippen LogP contribution < -0.4 is 10.3 Å². The molecule has 1 aliphatic carbocycles. The fraction of sp³-hybridized carbons (Fsp3) is 0.400. The molecule has 1 aliphatic rings. The van der Waals surface area contributed by atoms with Crippen molar-refractivity contribution in [3.05, 3.63) is 39.8 Å². The second-order valence-corrected chi connectivity index (χ2v) is 5.40. The Labute approximate surface area is 116 Å². The number of H-pyrrole nitrogens is 1. The molecule has 0 saturated heterocycles. The number of hydrogen-bond acceptors (Lipinski definition) is 2. The van der Waals surface area contributed by atoms with Gasteiger partial charge < -0.3 is 9.72 Å². The zero-order valence-corrected chi connectivity index (χ0v) is 11.4. The lowest BCUT2D eigenvalue weighted by molar-refractivity contribution is 0.155. The quantitative estimate of drug-likeness (QED) is 0.905. The smallest absolute Gasteiger partial charge is 0.255 e. The van der Waals surface area contributed by atoms with Crippen molar-refractivity contribution >= 4 is 22.4 Å². The number of aromatic nitrogens is 1. The standard InChI is InChI=1S/C15H16ClNO2/c16-14-11-8-9-17-15(18)12(11)6-7-13(14)19-10-4-2-1-3-5-10/h6-10H,1-5H2,(H,17,18). The molecule has 1 fully saturated rings. The van der Waals surface area contributed by atoms with Crippen molar-refractivity contribution in [2.75, 3.05) is 0 Å². The molecule has 1 saturated carbocycles. The molecule has 1 N–H and O–H groups in total. The van der Waals surface area contributed by atoms with E-state index in [0.717, 1.165) is 18.2 Å². The van der Waals surface area contributed by atoms with Crippen LogP contribution in [-0.2, 0) is 0 Å². The van der Waals surface area contributed by atoms with Crippen molar-refractivity contribution in [1.29, 1.82) is 0 Å². The maximum Gasteiger partial charge on any atom is 0.255 e. The second-order valence-electron chi connectivity index (χ2n) is 5.02. The first-order valence-corrected chi connectivity index (χ1v) is 7.10. The van der Waals surface area contributed by atoms with Crippen LogP contribution in [0.5, 0.6) is 5.75 Å². The van der Waals surface area contributed by atoms with Crippen LogP contribution in [0, 0.1) is 0 Å². The molecule has 19 heavy (non-hydrogen) atoms. The minimum Gasteiger partial charge on any atom is -0.489 e. The summed E-state index contributed by atoms with van der Waals surface area (Å²) in [6.07, 6.45) is 7.77. The molecule has 0 aliphatic heterocycles. The third-order valence-corrected chi connectivity index (χ3v) is 4.09. The fourth-order valence-electron chi connectivity index (χ4n) is 2.67. The Balaban J connectivity index is 1.96. The van der Waals surface area contributed by atoms with Crippen LogP contribution >= 0.6 is 11.6 Å². The number of ether oxygens (including phenoxy) is 1. The third-order valence-electron chi connectivity index (χ3n) is 3.70. The molecule has 0 atom stereocenters. The summed E-state index contributed by atoms with van der Waals surface area (Å²) in [6.45, 7) is 0. The van der Waals surface area contributed by atoms with Crippen LogP contribution in [-0.4, -0.2) is 11.1 Å². The molecule has 0 unspecified atom stereocenters. The molecule has 1 heterocycles. The van der Waals surface area contributed by atoms with E-state index in [-0.39, 0.29) is 11.7 Å². The first kappa shape index (κ1) is 12.5. The zero-order chi connectivity index (χ0) is 13.2. The van der Waals surface area contributed by atoms with Gasteiger partial charge in [-0.1, -0.05) is 18.0 Å². The van der Waals surface area contributed by atoms with E-state index in [1.165, 1.54) is 19.3 Å². The molecule has 3 nitrogen and oxygen atoms in total. The van der Waals surface area contributed by atoms with E-state index in [9.17, 15) is 4.79 Å². The molecule has 0 radical (unpaired) electrons. The van der Waals surface area contributed by atoms with Gasteiger partial charge in [0, 0.05) is 17.0 Å². The van der Waals surface area contributed by atoms with E-state index >= 15 is 0 Å². The summed E-state index contributed by atoms with van der Waals surface area (Å²) in [6, 6.07) is 5.39. The van der Waals surface area contributed by atoms with Crippen LogP contribution in [0.25, 0.3) is 10.8 Å². The van der Waals surface area contributed by atoms with Gasteiger partial charge in [-0.3, -0.25) is 4.79 Å². The van der Waals surface area contributed by atoms with Gasteiger partial charge in [0.2, 0.25) is 0 Å². The van der Waals surface area contributed by atoms with Gasteiger partial charge >= 0.3 is 0 Å². The molecule has 100 valence electrons. The lowest BCUT2D eigenvalue weighted by atomic mass is 9.98. The Morgan fingerprint density at radius 3 is 2.68 bits per heavy atom. The topological polar surface area (TPSA) is 42.1 Å². The number of pyridine rings is 1. The van der Waals surface area contributed by atoms with Crippen molar-refractivity contribution in [2.45, 2.75) is 38.2 Å². The fourth-order valence-corrected chi connectivity index (χ4v) is 2.94. The van der Waals surface area contributed by atoms with Gasteiger partial charge in [0.25, 0.3) is 5.56 Å². The molecule has 0 amide bonds. The van der Waals surface area contributed by atoms with Crippen molar-refractivity contribution in [1.82, 2.24) is 4.98 Å². The minimum absolute atomic E-state index is 0.122. The van der Waals surface area contributed by atoms with Crippen LogP contribution in [0.1, 0.15) is 32.1 Å². The number of hydrogen-bond donors (Lipinski definition) is 1. The van der Waals surface area contributed by atoms with Crippen LogP contribution in [0.3, 0.4) is 0 Å². The molecule has 0 bridgehead atoms. The predicted molar refractivity (Wildman–Crippen MR) is 77.1 cm³/mol. The Bertz CT molecular complexity index is 644. The first-order chi connectivity index (χ1) is 9.25. The molecule has 0 spiro atoms. The maximum absolute atomic E-state index is 11.7. The highest BCUT2D eigenvalue weighted by Crippen LogP contribution is 2.33. The van der Waals surface area contributed by atoms with Crippen molar-refractivity contribution in [2.24, 2.45) is 0 Å². The number of benzene rings is 1. The van der Waals surface area contributed by atoms with Gasteiger partial charge in [-0.25, -0.2) is 0 Å². The third kappa shape index (κ3) is 2.47. The predicted octanol–water partition coefficient (Wildman–Crippen LogP) is 3.89. The number of aromatic amines is 1. The largest absolute Gasteiger partial charge is 0.489 e. The Morgan fingerprint density at radius 1 is 1.11 bits per heavy atom. The monoisotopic (exact) mass is 277 g/mol. The van der Waals surface area contributed by atoms with Gasteiger partial charge in [-0.2, -0.15) is 0 Å². The number of halogens is 1. The molecular weight excluding hydrogens is 262 g/mol. The average molecular weight is 278 g/mol. The maximum atomic E-state index is 11.7. The summed E-state index contributed by atoms with van der Waals surface area (Å²) in [5, 5.41) is 1.89. The van der Waals surface area contributed by atoms with E-state index in [4.69, 9.17) is 16.3 Å². The summed E-state index contributed by atoms with van der Waals surface area (Å²) >= 11 is 6.36. The van der Waals surface area contributed by atoms with E-state index in [2.05, 4.69) is 4.98 Å². The molecule has 3 rings (SSSR count). The average Bonchev–Trinajstić information content (AvgIpc) is 2.44. The number of nitrogens with one attached hydrogen (secondary N) is 1. The lowest BCUT2D eigenvalue weighted by Crippen LogP contribution is -2.19. The Morgan fingerprint density at radius 2 is 1.89 bits per heavy atom. The highest BCUT2D eigenvalue weighted by Gasteiger charge is 2.17. The normalized spacial score (nSPS) is 16.7. The van der Waals surface area contributed by atoms with E-state index in [0.29, 0.717) is 16.2 Å². The first-order valence-electron chi connectivity index (χ1n) is 6.72. The molecular formula is C15H16ClNO2. The van der Waals surface area contributed by atoms with Crippen molar-refractivity contribution in [3.8, 4) is 5.75 Å². The SMILES string of the molecule is O=c1[nH]ccc2c(Cl)c(OC3CCCCC3)ccc12. The van der Waals surface area contributed by atoms with Crippen LogP contribution in [0.15, 0.2) is 29.2 Å². The lowest BCUT2D eigenvalue weighted by Gasteiger charge is -2.23. The molecule has 1 aromatic carbocycles. The van der Waals surface area contributed by atoms with Crippen LogP contribution in [0.4, 0.5) is 0 Å². The summed E-state index contributed by atoms with van der Waals surface area (Å²) in [4.78, 5) is 14.3. The van der Waals surface area contributed by atoms with Gasteiger partial charge in [-0.05, 0) is 43.9 Å². The zero-order valence-electron chi connectivity index (χ0n) is 10.6.